The zero-order valence-electron chi connectivity index (χ0n) is 15.2. The van der Waals surface area contributed by atoms with Gasteiger partial charge in [-0.3, -0.25) is 4.79 Å². The topological polar surface area (TPSA) is 93.4 Å². The quantitative estimate of drug-likeness (QED) is 0.569. The molecule has 1 unspecified atom stereocenters. The van der Waals surface area contributed by atoms with Gasteiger partial charge in [0.25, 0.3) is 0 Å². The summed E-state index contributed by atoms with van der Waals surface area (Å²) in [6.07, 6.45) is 0.703. The Morgan fingerprint density at radius 2 is 1.96 bits per heavy atom. The maximum absolute atomic E-state index is 12.0. The number of nitrogens with one attached hydrogen (secondary N) is 2. The minimum absolute atomic E-state index is 0.0291. The Morgan fingerprint density at radius 1 is 1.14 bits per heavy atom. The summed E-state index contributed by atoms with van der Waals surface area (Å²) in [6.45, 7) is 0.654. The number of para-hydroxylation sites is 1. The summed E-state index contributed by atoms with van der Waals surface area (Å²) in [7, 11) is 1.63. The molecule has 1 aliphatic rings. The van der Waals surface area contributed by atoms with E-state index >= 15 is 0 Å². The minimum Gasteiger partial charge on any atom is -0.497 e. The van der Waals surface area contributed by atoms with Gasteiger partial charge in [0, 0.05) is 17.5 Å². The number of anilines is 1. The van der Waals surface area contributed by atoms with Gasteiger partial charge < -0.3 is 15.4 Å². The molecule has 1 fully saturated rings. The van der Waals surface area contributed by atoms with Crippen LogP contribution in [0, 0.1) is 0 Å². The van der Waals surface area contributed by atoms with E-state index in [9.17, 15) is 4.79 Å². The van der Waals surface area contributed by atoms with Gasteiger partial charge in [0.05, 0.1) is 12.6 Å². The summed E-state index contributed by atoms with van der Waals surface area (Å²) >= 11 is 0. The molecule has 2 N–H and O–H groups in total. The van der Waals surface area contributed by atoms with Gasteiger partial charge in [0.2, 0.25) is 11.9 Å². The van der Waals surface area contributed by atoms with Crippen molar-refractivity contribution in [1.82, 2.24) is 24.9 Å². The number of carbonyl (C=O) groups excluding carboxylic acids is 1. The first kappa shape index (κ1) is 16.5. The van der Waals surface area contributed by atoms with Gasteiger partial charge in [-0.15, -0.1) is 5.10 Å². The summed E-state index contributed by atoms with van der Waals surface area (Å²) in [5.74, 6) is 1.83. The second kappa shape index (κ2) is 6.49. The number of benzene rings is 2. The monoisotopic (exact) mass is 374 g/mol. The molecule has 8 nitrogen and oxygen atoms in total. The van der Waals surface area contributed by atoms with E-state index in [1.807, 2.05) is 48.5 Å². The Labute approximate surface area is 160 Å². The summed E-state index contributed by atoms with van der Waals surface area (Å²) in [4.78, 5) is 21.4. The van der Waals surface area contributed by atoms with Crippen LogP contribution in [0.5, 0.6) is 5.75 Å². The normalized spacial score (nSPS) is 16.5. The Morgan fingerprint density at radius 3 is 2.71 bits per heavy atom. The Hall–Kier alpha value is -3.68. The summed E-state index contributed by atoms with van der Waals surface area (Å²) in [5, 5.41) is 11.6. The van der Waals surface area contributed by atoms with E-state index in [2.05, 4.69) is 20.7 Å². The molecule has 4 aromatic rings. The maximum Gasteiger partial charge on any atom is 0.242 e. The number of aromatic nitrogens is 4. The van der Waals surface area contributed by atoms with Gasteiger partial charge in [-0.05, 0) is 42.8 Å². The number of hydrogen-bond donors (Lipinski definition) is 2. The number of methoxy groups -OCH3 is 1. The van der Waals surface area contributed by atoms with Crippen molar-refractivity contribution in [2.45, 2.75) is 12.5 Å². The lowest BCUT2D eigenvalue weighted by Gasteiger charge is -2.12. The molecule has 3 heterocycles. The van der Waals surface area contributed by atoms with E-state index in [-0.39, 0.29) is 11.9 Å². The third-order valence-corrected chi connectivity index (χ3v) is 4.88. The number of ether oxygens (including phenoxy) is 1. The third kappa shape index (κ3) is 2.70. The number of amides is 1. The zero-order valence-corrected chi connectivity index (χ0v) is 15.2. The van der Waals surface area contributed by atoms with Crippen LogP contribution in [0.1, 0.15) is 6.42 Å². The molecule has 0 spiro atoms. The SMILES string of the molecule is COc1ccc(-c2nc3c4ccccc4nc(NC4CCNC4=O)n3n2)cc1. The van der Waals surface area contributed by atoms with Crippen LogP contribution in [0.25, 0.3) is 27.9 Å². The number of rotatable bonds is 4. The Bertz CT molecular complexity index is 1180. The molecule has 0 aliphatic carbocycles. The van der Waals surface area contributed by atoms with Gasteiger partial charge in [-0.2, -0.15) is 4.52 Å². The number of carbonyl (C=O) groups is 1. The summed E-state index contributed by atoms with van der Waals surface area (Å²) in [6, 6.07) is 15.0. The zero-order chi connectivity index (χ0) is 19.1. The molecule has 1 aliphatic heterocycles. The molecular formula is C20H18N6O2. The van der Waals surface area contributed by atoms with Gasteiger partial charge in [0.15, 0.2) is 11.5 Å². The molecule has 5 rings (SSSR count). The highest BCUT2D eigenvalue weighted by molar-refractivity contribution is 5.93. The Kier molecular flexibility index (Phi) is 3.82. The average Bonchev–Trinajstić information content (AvgIpc) is 3.35. The molecular weight excluding hydrogens is 356 g/mol. The van der Waals surface area contributed by atoms with E-state index in [0.29, 0.717) is 30.4 Å². The lowest BCUT2D eigenvalue weighted by atomic mass is 10.2. The minimum atomic E-state index is -0.328. The maximum atomic E-state index is 12.0. The molecule has 0 radical (unpaired) electrons. The first-order valence-corrected chi connectivity index (χ1v) is 9.07. The second-order valence-electron chi connectivity index (χ2n) is 6.63. The highest BCUT2D eigenvalue weighted by Gasteiger charge is 2.26. The molecule has 2 aromatic carbocycles. The van der Waals surface area contributed by atoms with Crippen molar-refractivity contribution >= 4 is 28.4 Å². The largest absolute Gasteiger partial charge is 0.497 e. The predicted octanol–water partition coefficient (Wildman–Crippen LogP) is 2.25. The fourth-order valence-corrected chi connectivity index (χ4v) is 3.40. The summed E-state index contributed by atoms with van der Waals surface area (Å²) < 4.78 is 6.90. The molecule has 0 saturated carbocycles. The molecule has 1 saturated heterocycles. The van der Waals surface area contributed by atoms with Crippen molar-refractivity contribution < 1.29 is 9.53 Å². The lowest BCUT2D eigenvalue weighted by molar-refractivity contribution is -0.119. The first-order valence-electron chi connectivity index (χ1n) is 9.07. The molecule has 8 heteroatoms. The lowest BCUT2D eigenvalue weighted by Crippen LogP contribution is -2.30. The standard InChI is InChI=1S/C20H18N6O2/c1-28-13-8-6-12(7-9-13)17-24-18-14-4-2-3-5-15(14)22-20(26(18)25-17)23-16-10-11-21-19(16)27/h2-9,16H,10-11H2,1H3,(H,21,27)(H,22,23). The van der Waals surface area contributed by atoms with Crippen molar-refractivity contribution in [3.8, 4) is 17.1 Å². The van der Waals surface area contributed by atoms with Crippen molar-refractivity contribution in [2.24, 2.45) is 0 Å². The number of fused-ring (bicyclic) bond motifs is 3. The van der Waals surface area contributed by atoms with Crippen LogP contribution in [0.2, 0.25) is 0 Å². The van der Waals surface area contributed by atoms with Crippen molar-refractivity contribution in [3.05, 3.63) is 48.5 Å². The number of hydrogen-bond acceptors (Lipinski definition) is 6. The smallest absolute Gasteiger partial charge is 0.242 e. The van der Waals surface area contributed by atoms with Crippen LogP contribution < -0.4 is 15.4 Å². The van der Waals surface area contributed by atoms with E-state index in [4.69, 9.17) is 9.72 Å². The van der Waals surface area contributed by atoms with Crippen LogP contribution in [0.4, 0.5) is 5.95 Å². The first-order chi connectivity index (χ1) is 13.7. The molecule has 2 aromatic heterocycles. The van der Waals surface area contributed by atoms with Crippen molar-refractivity contribution in [1.29, 1.82) is 0 Å². The van der Waals surface area contributed by atoms with Gasteiger partial charge >= 0.3 is 0 Å². The van der Waals surface area contributed by atoms with Gasteiger partial charge in [-0.1, -0.05) is 12.1 Å². The highest BCUT2D eigenvalue weighted by atomic mass is 16.5. The highest BCUT2D eigenvalue weighted by Crippen LogP contribution is 2.26. The van der Waals surface area contributed by atoms with Crippen LogP contribution in [-0.4, -0.2) is 45.2 Å². The van der Waals surface area contributed by atoms with Crippen LogP contribution in [0.3, 0.4) is 0 Å². The molecule has 28 heavy (non-hydrogen) atoms. The van der Waals surface area contributed by atoms with Crippen molar-refractivity contribution in [2.75, 3.05) is 19.0 Å². The van der Waals surface area contributed by atoms with E-state index < -0.39 is 0 Å². The molecule has 140 valence electrons. The molecule has 0 bridgehead atoms. The average molecular weight is 374 g/mol. The van der Waals surface area contributed by atoms with Crippen LogP contribution >= 0.6 is 0 Å². The van der Waals surface area contributed by atoms with Gasteiger partial charge in [0.1, 0.15) is 11.8 Å². The van der Waals surface area contributed by atoms with Crippen molar-refractivity contribution in [3.63, 3.8) is 0 Å². The fraction of sp³-hybridized carbons (Fsp3) is 0.200. The van der Waals surface area contributed by atoms with E-state index in [1.165, 1.54) is 0 Å². The van der Waals surface area contributed by atoms with E-state index in [0.717, 1.165) is 22.2 Å². The van der Waals surface area contributed by atoms with Gasteiger partial charge in [-0.25, -0.2) is 9.97 Å². The van der Waals surface area contributed by atoms with Crippen LogP contribution in [-0.2, 0) is 4.79 Å². The Balaban J connectivity index is 1.67. The summed E-state index contributed by atoms with van der Waals surface area (Å²) in [5.41, 5.74) is 2.36. The molecule has 1 amide bonds. The number of nitrogens with zero attached hydrogens (tertiary/aromatic N) is 4. The fourth-order valence-electron chi connectivity index (χ4n) is 3.40. The second-order valence-corrected chi connectivity index (χ2v) is 6.63. The predicted molar refractivity (Wildman–Crippen MR) is 105 cm³/mol. The third-order valence-electron chi connectivity index (χ3n) is 4.88. The van der Waals surface area contributed by atoms with E-state index in [1.54, 1.807) is 11.6 Å². The van der Waals surface area contributed by atoms with Crippen LogP contribution in [0.15, 0.2) is 48.5 Å². The molecule has 1 atom stereocenters.